The third kappa shape index (κ3) is 3.81. The summed E-state index contributed by atoms with van der Waals surface area (Å²) in [5, 5.41) is 2.59. The molecule has 32 heavy (non-hydrogen) atoms. The third-order valence-electron chi connectivity index (χ3n) is 5.23. The Hall–Kier alpha value is -3.77. The number of amides is 1. The molecule has 0 aliphatic heterocycles. The van der Waals surface area contributed by atoms with Gasteiger partial charge < -0.3 is 4.74 Å². The van der Waals surface area contributed by atoms with Crippen molar-refractivity contribution in [2.75, 3.05) is 11.5 Å². The quantitative estimate of drug-likeness (QED) is 0.321. The van der Waals surface area contributed by atoms with Crippen LogP contribution in [0.2, 0.25) is 0 Å². The second-order valence-corrected chi connectivity index (χ2v) is 8.32. The van der Waals surface area contributed by atoms with Gasteiger partial charge in [0.15, 0.2) is 5.13 Å². The highest BCUT2D eigenvalue weighted by atomic mass is 32.1. The van der Waals surface area contributed by atoms with Crippen molar-refractivity contribution in [1.82, 2.24) is 9.97 Å². The Kier molecular flexibility index (Phi) is 5.52. The van der Waals surface area contributed by atoms with E-state index >= 15 is 0 Å². The van der Waals surface area contributed by atoms with Gasteiger partial charge in [-0.1, -0.05) is 59.9 Å². The molecule has 0 aliphatic rings. The third-order valence-corrected chi connectivity index (χ3v) is 6.27. The van der Waals surface area contributed by atoms with E-state index in [1.54, 1.807) is 17.3 Å². The van der Waals surface area contributed by atoms with Crippen molar-refractivity contribution in [3.8, 4) is 5.75 Å². The molecule has 0 fully saturated rings. The second-order valence-electron chi connectivity index (χ2n) is 7.31. The van der Waals surface area contributed by atoms with Gasteiger partial charge in [-0.2, -0.15) is 0 Å². The lowest BCUT2D eigenvalue weighted by Gasteiger charge is -2.21. The van der Waals surface area contributed by atoms with Crippen LogP contribution in [-0.4, -0.2) is 22.5 Å². The number of anilines is 1. The Balaban J connectivity index is 1.63. The van der Waals surface area contributed by atoms with E-state index in [0.29, 0.717) is 23.8 Å². The largest absolute Gasteiger partial charge is 0.492 e. The van der Waals surface area contributed by atoms with Crippen LogP contribution >= 0.6 is 11.3 Å². The normalized spacial score (nSPS) is 11.0. The van der Waals surface area contributed by atoms with Crippen molar-refractivity contribution in [1.29, 1.82) is 0 Å². The van der Waals surface area contributed by atoms with Gasteiger partial charge in [0.05, 0.1) is 17.9 Å². The molecular weight excluding hydrogens is 418 g/mol. The van der Waals surface area contributed by atoms with E-state index in [1.165, 1.54) is 11.3 Å². The van der Waals surface area contributed by atoms with Gasteiger partial charge in [-0.3, -0.25) is 14.7 Å². The number of fused-ring (bicyclic) bond motifs is 2. The molecule has 0 spiro atoms. The van der Waals surface area contributed by atoms with E-state index < -0.39 is 0 Å². The fourth-order valence-electron chi connectivity index (χ4n) is 3.76. The van der Waals surface area contributed by atoms with Crippen molar-refractivity contribution in [2.45, 2.75) is 13.5 Å². The summed E-state index contributed by atoms with van der Waals surface area (Å²) in [6.07, 6.45) is 3.51. The number of ether oxygens (including phenoxy) is 1. The number of thiazole rings is 1. The van der Waals surface area contributed by atoms with Gasteiger partial charge in [-0.05, 0) is 47.5 Å². The van der Waals surface area contributed by atoms with Crippen LogP contribution < -0.4 is 9.64 Å². The SMILES string of the molecule is CCOc1cccc2sc(N(Cc3cccnc3)C(=O)c3cccc4ccccc34)nc12. The smallest absolute Gasteiger partial charge is 0.261 e. The van der Waals surface area contributed by atoms with E-state index in [-0.39, 0.29) is 5.91 Å². The maximum atomic E-state index is 13.9. The molecule has 1 amide bonds. The number of rotatable bonds is 6. The molecule has 5 nitrogen and oxygen atoms in total. The summed E-state index contributed by atoms with van der Waals surface area (Å²) in [5.41, 5.74) is 2.36. The Morgan fingerprint density at radius 2 is 1.84 bits per heavy atom. The lowest BCUT2D eigenvalue weighted by molar-refractivity contribution is 0.0986. The Morgan fingerprint density at radius 3 is 2.69 bits per heavy atom. The molecular formula is C26H21N3O2S. The fraction of sp³-hybridized carbons (Fsp3) is 0.115. The lowest BCUT2D eigenvalue weighted by atomic mass is 10.0. The van der Waals surface area contributed by atoms with Gasteiger partial charge in [0, 0.05) is 18.0 Å². The van der Waals surface area contributed by atoms with E-state index in [1.807, 2.05) is 79.7 Å². The summed E-state index contributed by atoms with van der Waals surface area (Å²) in [6.45, 7) is 2.88. The van der Waals surface area contributed by atoms with Crippen molar-refractivity contribution < 1.29 is 9.53 Å². The van der Waals surface area contributed by atoms with Crippen molar-refractivity contribution in [3.63, 3.8) is 0 Å². The molecule has 5 rings (SSSR count). The van der Waals surface area contributed by atoms with Crippen LogP contribution in [0.5, 0.6) is 5.75 Å². The minimum atomic E-state index is -0.0948. The number of pyridine rings is 1. The van der Waals surface area contributed by atoms with Crippen LogP contribution in [0, 0.1) is 0 Å². The van der Waals surface area contributed by atoms with Gasteiger partial charge in [0.1, 0.15) is 11.3 Å². The van der Waals surface area contributed by atoms with Crippen LogP contribution in [-0.2, 0) is 6.54 Å². The maximum Gasteiger partial charge on any atom is 0.261 e. The van der Waals surface area contributed by atoms with Crippen LogP contribution in [0.15, 0.2) is 85.2 Å². The predicted octanol–water partition coefficient (Wildman–Crippen LogP) is 6.09. The maximum absolute atomic E-state index is 13.9. The molecule has 0 unspecified atom stereocenters. The molecule has 3 aromatic carbocycles. The second kappa shape index (κ2) is 8.77. The first-order valence-corrected chi connectivity index (χ1v) is 11.3. The summed E-state index contributed by atoms with van der Waals surface area (Å²) in [7, 11) is 0. The molecule has 0 N–H and O–H groups in total. The molecule has 0 aliphatic carbocycles. The van der Waals surface area contributed by atoms with Crippen molar-refractivity contribution in [3.05, 3.63) is 96.3 Å². The van der Waals surface area contributed by atoms with Crippen molar-refractivity contribution >= 4 is 43.4 Å². The number of hydrogen-bond acceptors (Lipinski definition) is 5. The molecule has 0 radical (unpaired) electrons. The average Bonchev–Trinajstić information content (AvgIpc) is 3.28. The van der Waals surface area contributed by atoms with Crippen LogP contribution in [0.3, 0.4) is 0 Å². The van der Waals surface area contributed by atoms with Gasteiger partial charge in [-0.25, -0.2) is 4.98 Å². The zero-order valence-corrected chi connectivity index (χ0v) is 18.4. The highest BCUT2D eigenvalue weighted by Crippen LogP contribution is 2.36. The molecule has 2 heterocycles. The van der Waals surface area contributed by atoms with Crippen LogP contribution in [0.1, 0.15) is 22.8 Å². The Bertz CT molecular complexity index is 1390. The average molecular weight is 440 g/mol. The van der Waals surface area contributed by atoms with E-state index in [4.69, 9.17) is 9.72 Å². The van der Waals surface area contributed by atoms with Crippen molar-refractivity contribution in [2.24, 2.45) is 0 Å². The first kappa shape index (κ1) is 20.2. The fourth-order valence-corrected chi connectivity index (χ4v) is 4.74. The number of hydrogen-bond donors (Lipinski definition) is 0. The summed E-state index contributed by atoms with van der Waals surface area (Å²) in [5.74, 6) is 0.633. The molecule has 0 saturated carbocycles. The summed E-state index contributed by atoms with van der Waals surface area (Å²) in [6, 6.07) is 23.5. The Labute approximate surface area is 189 Å². The Morgan fingerprint density at radius 1 is 1.00 bits per heavy atom. The van der Waals surface area contributed by atoms with Gasteiger partial charge in [-0.15, -0.1) is 0 Å². The predicted molar refractivity (Wildman–Crippen MR) is 129 cm³/mol. The van der Waals surface area contributed by atoms with E-state index in [0.717, 1.165) is 32.3 Å². The number of carbonyl (C=O) groups excluding carboxylic acids is 1. The monoisotopic (exact) mass is 439 g/mol. The molecule has 6 heteroatoms. The molecule has 0 bridgehead atoms. The minimum Gasteiger partial charge on any atom is -0.492 e. The number of para-hydroxylation sites is 1. The van der Waals surface area contributed by atoms with Crippen LogP contribution in [0.25, 0.3) is 21.0 Å². The minimum absolute atomic E-state index is 0.0948. The first-order chi connectivity index (χ1) is 15.7. The van der Waals surface area contributed by atoms with Crippen LogP contribution in [0.4, 0.5) is 5.13 Å². The zero-order chi connectivity index (χ0) is 21.9. The van der Waals surface area contributed by atoms with Gasteiger partial charge in [0.25, 0.3) is 5.91 Å². The molecule has 158 valence electrons. The summed E-state index contributed by atoms with van der Waals surface area (Å²) >= 11 is 1.49. The van der Waals surface area contributed by atoms with Gasteiger partial charge >= 0.3 is 0 Å². The molecule has 0 atom stereocenters. The topological polar surface area (TPSA) is 55.3 Å². The number of benzene rings is 3. The number of nitrogens with zero attached hydrogens (tertiary/aromatic N) is 3. The highest BCUT2D eigenvalue weighted by Gasteiger charge is 2.24. The standard InChI is InChI=1S/C26H21N3O2S/c1-2-31-22-13-6-14-23-24(22)28-26(32-23)29(17-18-8-7-15-27-16-18)25(30)21-12-5-10-19-9-3-4-11-20(19)21/h3-16H,2,17H2,1H3. The van der Waals surface area contributed by atoms with E-state index in [2.05, 4.69) is 4.98 Å². The summed E-state index contributed by atoms with van der Waals surface area (Å²) < 4.78 is 6.74. The first-order valence-electron chi connectivity index (χ1n) is 10.5. The van der Waals surface area contributed by atoms with E-state index in [9.17, 15) is 4.79 Å². The molecule has 5 aromatic rings. The zero-order valence-electron chi connectivity index (χ0n) is 17.6. The number of carbonyl (C=O) groups is 1. The number of aromatic nitrogens is 2. The lowest BCUT2D eigenvalue weighted by Crippen LogP contribution is -2.30. The summed E-state index contributed by atoms with van der Waals surface area (Å²) in [4.78, 5) is 24.7. The van der Waals surface area contributed by atoms with Gasteiger partial charge in [0.2, 0.25) is 0 Å². The molecule has 0 saturated heterocycles. The molecule has 2 aromatic heterocycles. The highest BCUT2D eigenvalue weighted by molar-refractivity contribution is 7.22.